The highest BCUT2D eigenvalue weighted by atomic mass is 16.6. The van der Waals surface area contributed by atoms with Crippen molar-refractivity contribution in [2.45, 2.75) is 26.9 Å². The summed E-state index contributed by atoms with van der Waals surface area (Å²) in [6, 6.07) is 0. The summed E-state index contributed by atoms with van der Waals surface area (Å²) in [5, 5.41) is 1.84. The number of carbonyl (C=O) groups is 4. The number of hydrogen-bond donors (Lipinski definition) is 1. The summed E-state index contributed by atoms with van der Waals surface area (Å²) in [5.74, 6) is -2.89. The summed E-state index contributed by atoms with van der Waals surface area (Å²) in [5.41, 5.74) is 0. The Hall–Kier alpha value is -2.72. The molecule has 164 valence electrons. The molecule has 0 aliphatic carbocycles. The Morgan fingerprint density at radius 1 is 0.759 bits per heavy atom. The molecule has 29 heavy (non-hydrogen) atoms. The second kappa shape index (κ2) is 17.4. The molecule has 0 aliphatic rings. The second-order valence-corrected chi connectivity index (χ2v) is 5.37. The third-order valence-corrected chi connectivity index (χ3v) is 3.08. The third kappa shape index (κ3) is 16.0. The van der Waals surface area contributed by atoms with Crippen LogP contribution < -0.4 is 5.32 Å². The van der Waals surface area contributed by atoms with Crippen molar-refractivity contribution in [3.63, 3.8) is 0 Å². The Balaban J connectivity index is 4.62. The maximum atomic E-state index is 11.9. The fraction of sp³-hybridized carbons (Fsp3) is 0.579. The van der Waals surface area contributed by atoms with Gasteiger partial charge in [0.1, 0.15) is 13.2 Å². The molecule has 0 aromatic rings. The number of hydrogen-bond acceptors (Lipinski definition) is 9. The van der Waals surface area contributed by atoms with Crippen LogP contribution in [0.2, 0.25) is 0 Å². The number of quaternary nitrogens is 1. The molecule has 10 nitrogen and oxygen atoms in total. The highest BCUT2D eigenvalue weighted by molar-refractivity contribution is 5.92. The van der Waals surface area contributed by atoms with Crippen molar-refractivity contribution in [1.82, 2.24) is 0 Å². The van der Waals surface area contributed by atoms with Crippen molar-refractivity contribution < 1.29 is 48.2 Å². The normalized spacial score (nSPS) is 12.0. The van der Waals surface area contributed by atoms with Crippen molar-refractivity contribution in [2.75, 3.05) is 46.1 Å². The SMILES string of the molecule is CCOCC[NH2+]CC(COC(=O)/C=C/C(=O)OCC)OC(=O)/C=C/C(=O)OCC. The van der Waals surface area contributed by atoms with Gasteiger partial charge in [0, 0.05) is 30.9 Å². The Bertz CT molecular complexity index is 572. The summed E-state index contributed by atoms with van der Waals surface area (Å²) in [7, 11) is 0. The molecule has 0 radical (unpaired) electrons. The molecular formula is C19H30NO9+. The van der Waals surface area contributed by atoms with Crippen LogP contribution in [0.1, 0.15) is 20.8 Å². The average molecular weight is 416 g/mol. The Morgan fingerprint density at radius 3 is 1.79 bits per heavy atom. The largest absolute Gasteiger partial charge is 0.463 e. The summed E-state index contributed by atoms with van der Waals surface area (Å²) in [4.78, 5) is 46.0. The zero-order valence-electron chi connectivity index (χ0n) is 17.1. The van der Waals surface area contributed by atoms with Gasteiger partial charge in [0.25, 0.3) is 0 Å². The van der Waals surface area contributed by atoms with E-state index in [0.29, 0.717) is 26.3 Å². The molecule has 0 bridgehead atoms. The van der Waals surface area contributed by atoms with Crippen molar-refractivity contribution in [2.24, 2.45) is 0 Å². The minimum absolute atomic E-state index is 0.185. The van der Waals surface area contributed by atoms with Gasteiger partial charge >= 0.3 is 23.9 Å². The average Bonchev–Trinajstić information content (AvgIpc) is 2.69. The molecule has 0 heterocycles. The number of rotatable bonds is 15. The first-order chi connectivity index (χ1) is 13.9. The van der Waals surface area contributed by atoms with Crippen LogP contribution in [0.5, 0.6) is 0 Å². The van der Waals surface area contributed by atoms with E-state index < -0.39 is 30.0 Å². The van der Waals surface area contributed by atoms with E-state index in [9.17, 15) is 19.2 Å². The molecule has 1 atom stereocenters. The summed E-state index contributed by atoms with van der Waals surface area (Å²) >= 11 is 0. The highest BCUT2D eigenvalue weighted by Crippen LogP contribution is 1.96. The van der Waals surface area contributed by atoms with E-state index in [1.54, 1.807) is 13.8 Å². The van der Waals surface area contributed by atoms with Crippen LogP contribution in [-0.2, 0) is 42.9 Å². The lowest BCUT2D eigenvalue weighted by molar-refractivity contribution is -0.662. The van der Waals surface area contributed by atoms with Crippen LogP contribution in [0.3, 0.4) is 0 Å². The quantitative estimate of drug-likeness (QED) is 0.159. The summed E-state index contributed by atoms with van der Waals surface area (Å²) in [6.07, 6.45) is 3.00. The summed E-state index contributed by atoms with van der Waals surface area (Å²) in [6.45, 7) is 7.35. The van der Waals surface area contributed by atoms with Gasteiger partial charge in [0.2, 0.25) is 0 Å². The van der Waals surface area contributed by atoms with Crippen LogP contribution >= 0.6 is 0 Å². The lowest BCUT2D eigenvalue weighted by Gasteiger charge is -2.15. The first-order valence-electron chi connectivity index (χ1n) is 9.39. The lowest BCUT2D eigenvalue weighted by atomic mass is 10.3. The van der Waals surface area contributed by atoms with Gasteiger partial charge in [0.15, 0.2) is 6.10 Å². The van der Waals surface area contributed by atoms with E-state index in [0.717, 1.165) is 24.3 Å². The molecule has 1 unspecified atom stereocenters. The van der Waals surface area contributed by atoms with E-state index in [1.165, 1.54) is 0 Å². The number of nitrogens with two attached hydrogens (primary N) is 1. The summed E-state index contributed by atoms with van der Waals surface area (Å²) < 4.78 is 24.7. The number of carbonyl (C=O) groups excluding carboxylic acids is 4. The molecular weight excluding hydrogens is 386 g/mol. The molecule has 2 N–H and O–H groups in total. The van der Waals surface area contributed by atoms with Crippen LogP contribution in [0.4, 0.5) is 0 Å². The van der Waals surface area contributed by atoms with Gasteiger partial charge in [-0.1, -0.05) is 0 Å². The second-order valence-electron chi connectivity index (χ2n) is 5.37. The van der Waals surface area contributed by atoms with Gasteiger partial charge in [-0.2, -0.15) is 0 Å². The Morgan fingerprint density at radius 2 is 1.28 bits per heavy atom. The fourth-order valence-electron chi connectivity index (χ4n) is 1.84. The van der Waals surface area contributed by atoms with Crippen molar-refractivity contribution >= 4 is 23.9 Å². The molecule has 10 heteroatoms. The van der Waals surface area contributed by atoms with E-state index >= 15 is 0 Å². The molecule has 0 amide bonds. The van der Waals surface area contributed by atoms with E-state index in [4.69, 9.17) is 14.2 Å². The molecule has 0 aliphatic heterocycles. The Labute approximate surface area is 170 Å². The smallest absolute Gasteiger partial charge is 0.331 e. The molecule has 0 saturated heterocycles. The van der Waals surface area contributed by atoms with Gasteiger partial charge < -0.3 is 29.0 Å². The van der Waals surface area contributed by atoms with Crippen molar-refractivity contribution in [3.05, 3.63) is 24.3 Å². The van der Waals surface area contributed by atoms with Gasteiger partial charge in [-0.05, 0) is 20.8 Å². The maximum absolute atomic E-state index is 11.9. The fourth-order valence-corrected chi connectivity index (χ4v) is 1.84. The van der Waals surface area contributed by atoms with Crippen LogP contribution in [0.15, 0.2) is 24.3 Å². The molecule has 0 rings (SSSR count). The van der Waals surface area contributed by atoms with Gasteiger partial charge in [0.05, 0.1) is 26.4 Å². The van der Waals surface area contributed by atoms with Crippen molar-refractivity contribution in [3.8, 4) is 0 Å². The van der Waals surface area contributed by atoms with Gasteiger partial charge in [-0.15, -0.1) is 0 Å². The van der Waals surface area contributed by atoms with Crippen LogP contribution in [-0.4, -0.2) is 76.1 Å². The first kappa shape index (κ1) is 26.3. The van der Waals surface area contributed by atoms with E-state index in [2.05, 4.69) is 9.47 Å². The minimum atomic E-state index is -0.782. The zero-order valence-corrected chi connectivity index (χ0v) is 17.1. The topological polar surface area (TPSA) is 131 Å². The minimum Gasteiger partial charge on any atom is -0.463 e. The predicted molar refractivity (Wildman–Crippen MR) is 101 cm³/mol. The van der Waals surface area contributed by atoms with E-state index in [1.807, 2.05) is 12.2 Å². The number of esters is 4. The predicted octanol–water partition coefficient (Wildman–Crippen LogP) is -0.720. The third-order valence-electron chi connectivity index (χ3n) is 3.08. The molecule has 0 fully saturated rings. The van der Waals surface area contributed by atoms with Crippen LogP contribution in [0.25, 0.3) is 0 Å². The standard InChI is InChI=1S/C19H29NO9/c1-4-25-12-11-20-13-15(29-19(24)10-9-17(22)27-6-3)14-28-18(23)8-7-16(21)26-5-2/h7-10,15,20H,4-6,11-14H2,1-3H3/p+1/b8-7+,10-9+. The van der Waals surface area contributed by atoms with Crippen molar-refractivity contribution in [1.29, 1.82) is 0 Å². The molecule has 0 aromatic heterocycles. The van der Waals surface area contributed by atoms with E-state index in [-0.39, 0.29) is 19.8 Å². The lowest BCUT2D eigenvalue weighted by Crippen LogP contribution is -2.87. The van der Waals surface area contributed by atoms with Crippen LogP contribution in [0, 0.1) is 0 Å². The first-order valence-corrected chi connectivity index (χ1v) is 9.39. The molecule has 0 aromatic carbocycles. The van der Waals surface area contributed by atoms with Gasteiger partial charge in [-0.3, -0.25) is 0 Å². The number of ether oxygens (including phenoxy) is 5. The highest BCUT2D eigenvalue weighted by Gasteiger charge is 2.17. The monoisotopic (exact) mass is 416 g/mol. The zero-order chi connectivity index (χ0) is 21.9. The Kier molecular flexibility index (Phi) is 15.8. The van der Waals surface area contributed by atoms with Gasteiger partial charge in [-0.25, -0.2) is 19.2 Å². The maximum Gasteiger partial charge on any atom is 0.331 e. The molecule has 0 spiro atoms. The molecule has 0 saturated carbocycles.